The molecule has 0 amide bonds. The summed E-state index contributed by atoms with van der Waals surface area (Å²) in [5.41, 5.74) is 4.90. The number of ether oxygens (including phenoxy) is 1. The zero-order valence-electron chi connectivity index (χ0n) is 18.0. The molecule has 1 fully saturated rings. The Morgan fingerprint density at radius 3 is 2.47 bits per heavy atom. The van der Waals surface area contributed by atoms with Crippen molar-refractivity contribution in [2.75, 3.05) is 6.61 Å². The lowest BCUT2D eigenvalue weighted by molar-refractivity contribution is -0.156. The van der Waals surface area contributed by atoms with Crippen molar-refractivity contribution in [3.8, 4) is 23.0 Å². The molecule has 0 aromatic heterocycles. The zero-order chi connectivity index (χ0) is 21.8. The zero-order valence-corrected chi connectivity index (χ0v) is 18.0. The predicted molar refractivity (Wildman–Crippen MR) is 116 cm³/mol. The Morgan fingerprint density at radius 2 is 1.87 bits per heavy atom. The lowest BCUT2D eigenvalue weighted by Crippen LogP contribution is -2.35. The first-order valence-electron chi connectivity index (χ1n) is 10.5. The number of hydrogen-bond acceptors (Lipinski definition) is 3. The maximum Gasteiger partial charge on any atom is 0.323 e. The quantitative estimate of drug-likeness (QED) is 0.566. The fraction of sp³-hybridized carbons (Fsp3) is 0.423. The van der Waals surface area contributed by atoms with Crippen molar-refractivity contribution >= 4 is 5.97 Å². The van der Waals surface area contributed by atoms with Crippen LogP contribution in [0.15, 0.2) is 36.4 Å². The van der Waals surface area contributed by atoms with Crippen molar-refractivity contribution in [3.05, 3.63) is 58.9 Å². The van der Waals surface area contributed by atoms with Gasteiger partial charge in [0.05, 0.1) is 12.7 Å². The number of aliphatic hydroxyl groups is 1. The first-order valence-corrected chi connectivity index (χ1v) is 10.5. The Labute approximate surface area is 178 Å². The van der Waals surface area contributed by atoms with Crippen molar-refractivity contribution in [2.45, 2.75) is 52.6 Å². The monoisotopic (exact) mass is 408 g/mol. The molecular formula is C26H29FO3. The summed E-state index contributed by atoms with van der Waals surface area (Å²) in [7, 11) is 0. The fourth-order valence-electron chi connectivity index (χ4n) is 3.77. The third kappa shape index (κ3) is 5.09. The van der Waals surface area contributed by atoms with E-state index in [4.69, 9.17) is 4.74 Å². The van der Waals surface area contributed by atoms with Gasteiger partial charge in [-0.1, -0.05) is 57.7 Å². The predicted octanol–water partition coefficient (Wildman–Crippen LogP) is 5.09. The second kappa shape index (κ2) is 9.45. The molecule has 4 heteroatoms. The van der Waals surface area contributed by atoms with Crippen molar-refractivity contribution in [2.24, 2.45) is 11.8 Å². The largest absolute Gasteiger partial charge is 0.465 e. The number of esters is 1. The normalized spacial score (nSPS) is 18.9. The number of aliphatic hydroxyl groups excluding tert-OH is 1. The van der Waals surface area contributed by atoms with E-state index in [1.54, 1.807) is 12.1 Å². The van der Waals surface area contributed by atoms with Crippen LogP contribution in [0.5, 0.6) is 0 Å². The smallest absolute Gasteiger partial charge is 0.323 e. The molecule has 1 aliphatic heterocycles. The average molecular weight is 409 g/mol. The lowest BCUT2D eigenvalue weighted by atomic mass is 9.86. The van der Waals surface area contributed by atoms with Gasteiger partial charge in [0.25, 0.3) is 0 Å². The van der Waals surface area contributed by atoms with Crippen LogP contribution in [0.25, 0.3) is 11.1 Å². The number of halogens is 1. The highest BCUT2D eigenvalue weighted by molar-refractivity contribution is 5.79. The molecule has 1 heterocycles. The van der Waals surface area contributed by atoms with Gasteiger partial charge in [-0.15, -0.1) is 0 Å². The second-order valence-electron chi connectivity index (χ2n) is 8.64. The Morgan fingerprint density at radius 1 is 1.17 bits per heavy atom. The van der Waals surface area contributed by atoms with Crippen LogP contribution in [0.1, 0.15) is 56.7 Å². The number of benzene rings is 2. The van der Waals surface area contributed by atoms with Crippen LogP contribution in [0.4, 0.5) is 4.39 Å². The van der Waals surface area contributed by atoms with Crippen LogP contribution >= 0.6 is 0 Å². The van der Waals surface area contributed by atoms with Crippen LogP contribution in [0.3, 0.4) is 0 Å². The van der Waals surface area contributed by atoms with Gasteiger partial charge in [-0.3, -0.25) is 4.79 Å². The topological polar surface area (TPSA) is 46.5 Å². The maximum absolute atomic E-state index is 13.5. The van der Waals surface area contributed by atoms with Gasteiger partial charge in [0.2, 0.25) is 0 Å². The van der Waals surface area contributed by atoms with E-state index in [1.807, 2.05) is 0 Å². The Balaban J connectivity index is 2.17. The van der Waals surface area contributed by atoms with Crippen LogP contribution in [-0.2, 0) is 16.0 Å². The molecule has 2 aromatic carbocycles. The van der Waals surface area contributed by atoms with Gasteiger partial charge >= 0.3 is 5.97 Å². The molecular weight excluding hydrogens is 379 g/mol. The minimum atomic E-state index is -0.852. The number of carbonyl (C=O) groups excluding carboxylic acids is 1. The molecule has 0 radical (unpaired) electrons. The highest BCUT2D eigenvalue weighted by atomic mass is 19.1. The van der Waals surface area contributed by atoms with E-state index in [-0.39, 0.29) is 18.3 Å². The van der Waals surface area contributed by atoms with E-state index in [2.05, 4.69) is 51.7 Å². The van der Waals surface area contributed by atoms with E-state index < -0.39 is 18.0 Å². The minimum absolute atomic E-state index is 0.212. The Bertz CT molecular complexity index is 964. The van der Waals surface area contributed by atoms with Gasteiger partial charge in [0.1, 0.15) is 11.7 Å². The number of carbonyl (C=O) groups is 1. The van der Waals surface area contributed by atoms with Crippen LogP contribution in [-0.4, -0.2) is 23.8 Å². The van der Waals surface area contributed by atoms with Crippen LogP contribution < -0.4 is 0 Å². The summed E-state index contributed by atoms with van der Waals surface area (Å²) in [5.74, 6) is 5.23. The van der Waals surface area contributed by atoms with Gasteiger partial charge in [-0.05, 0) is 58.7 Å². The number of cyclic esters (lactones) is 1. The molecule has 0 bridgehead atoms. The molecule has 0 saturated carbocycles. The summed E-state index contributed by atoms with van der Waals surface area (Å²) in [6.07, 6.45) is 0.492. The summed E-state index contributed by atoms with van der Waals surface area (Å²) >= 11 is 0. The first kappa shape index (κ1) is 22.1. The van der Waals surface area contributed by atoms with E-state index in [1.165, 1.54) is 17.7 Å². The molecule has 3 nitrogen and oxygen atoms in total. The molecule has 1 N–H and O–H groups in total. The fourth-order valence-corrected chi connectivity index (χ4v) is 3.77. The highest BCUT2D eigenvalue weighted by Gasteiger charge is 2.31. The van der Waals surface area contributed by atoms with E-state index in [9.17, 15) is 14.3 Å². The van der Waals surface area contributed by atoms with E-state index in [0.717, 1.165) is 28.7 Å². The average Bonchev–Trinajstić information content (AvgIpc) is 2.68. The van der Waals surface area contributed by atoms with Crippen molar-refractivity contribution in [3.63, 3.8) is 0 Å². The van der Waals surface area contributed by atoms with Gasteiger partial charge in [-0.25, -0.2) is 4.39 Å². The molecule has 3 rings (SSSR count). The SMILES string of the molecule is CC(C)Cc1cc(-c2ccc(F)cc2)c(C#C[C@H]2C(=O)OCCC2O)c(C(C)C)c1. The maximum atomic E-state index is 13.5. The summed E-state index contributed by atoms with van der Waals surface area (Å²) in [4.78, 5) is 12.1. The van der Waals surface area contributed by atoms with Crippen molar-refractivity contribution in [1.82, 2.24) is 0 Å². The number of hydrogen-bond donors (Lipinski definition) is 1. The van der Waals surface area contributed by atoms with E-state index >= 15 is 0 Å². The second-order valence-corrected chi connectivity index (χ2v) is 8.64. The summed E-state index contributed by atoms with van der Waals surface area (Å²) in [5, 5.41) is 10.2. The molecule has 0 aliphatic carbocycles. The summed E-state index contributed by atoms with van der Waals surface area (Å²) in [6, 6.07) is 10.7. The lowest BCUT2D eigenvalue weighted by Gasteiger charge is -2.22. The van der Waals surface area contributed by atoms with Gasteiger partial charge < -0.3 is 9.84 Å². The molecule has 2 aromatic rings. The standard InChI is InChI=1S/C26H29FO3/c1-16(2)13-18-14-23(17(3)4)21(9-10-22-25(28)11-12-30-26(22)29)24(15-18)19-5-7-20(27)8-6-19/h5-8,14-17,22,25,28H,11-13H2,1-4H3/t22-,25?/m1/s1. The molecule has 1 unspecified atom stereocenters. The van der Waals surface area contributed by atoms with Gasteiger partial charge in [0.15, 0.2) is 0 Å². The molecule has 30 heavy (non-hydrogen) atoms. The van der Waals surface area contributed by atoms with Crippen molar-refractivity contribution < 1.29 is 19.0 Å². The minimum Gasteiger partial charge on any atom is -0.465 e. The van der Waals surface area contributed by atoms with Gasteiger partial charge in [-0.2, -0.15) is 0 Å². The molecule has 1 saturated heterocycles. The molecule has 1 aliphatic rings. The number of rotatable bonds is 4. The highest BCUT2D eigenvalue weighted by Crippen LogP contribution is 2.33. The Kier molecular flexibility index (Phi) is 6.95. The third-order valence-electron chi connectivity index (χ3n) is 5.30. The summed E-state index contributed by atoms with van der Waals surface area (Å²) < 4.78 is 18.6. The van der Waals surface area contributed by atoms with Gasteiger partial charge in [0, 0.05) is 12.0 Å². The van der Waals surface area contributed by atoms with Crippen LogP contribution in [0.2, 0.25) is 0 Å². The van der Waals surface area contributed by atoms with E-state index in [0.29, 0.717) is 12.3 Å². The van der Waals surface area contributed by atoms with Crippen LogP contribution in [0, 0.1) is 29.5 Å². The Hall–Kier alpha value is -2.64. The third-order valence-corrected chi connectivity index (χ3v) is 5.30. The first-order chi connectivity index (χ1) is 14.3. The molecule has 158 valence electrons. The molecule has 2 atom stereocenters. The summed E-state index contributed by atoms with van der Waals surface area (Å²) in [6.45, 7) is 8.79. The van der Waals surface area contributed by atoms with Crippen molar-refractivity contribution in [1.29, 1.82) is 0 Å². The molecule has 0 spiro atoms.